The van der Waals surface area contributed by atoms with E-state index in [1.807, 2.05) is 0 Å². The molecule has 0 rings (SSSR count). The quantitative estimate of drug-likeness (QED) is 0.0266. The van der Waals surface area contributed by atoms with Crippen molar-refractivity contribution in [2.75, 3.05) is 45.8 Å². The van der Waals surface area contributed by atoms with Crippen LogP contribution >= 0.6 is 0 Å². The number of unbranched alkanes of at least 4 members (excludes halogenated alkanes) is 7. The number of amides is 7. The molecule has 0 unspecified atom stereocenters. The van der Waals surface area contributed by atoms with E-state index >= 15 is 0 Å². The maximum Gasteiger partial charge on any atom is 0.326 e. The molecule has 0 radical (unpaired) electrons. The van der Waals surface area contributed by atoms with E-state index in [2.05, 4.69) is 37.2 Å². The second-order valence-corrected chi connectivity index (χ2v) is 17.5. The lowest BCUT2D eigenvalue weighted by atomic mass is 10.0. The monoisotopic (exact) mass is 986 g/mol. The Morgan fingerprint density at radius 2 is 0.536 bits per heavy atom. The Morgan fingerprint density at radius 3 is 0.797 bits per heavy atom. The lowest BCUT2D eigenvalue weighted by Crippen LogP contribution is -2.60. The molecule has 7 amide bonds. The number of carboxylic acid groups (broad SMARTS) is 1. The highest BCUT2D eigenvalue weighted by Gasteiger charge is 2.33. The second kappa shape index (κ2) is 40.2. The van der Waals surface area contributed by atoms with Gasteiger partial charge >= 0.3 is 5.97 Å². The third-order valence-corrected chi connectivity index (χ3v) is 11.5. The summed E-state index contributed by atoms with van der Waals surface area (Å²) < 4.78 is 0. The molecule has 0 aliphatic heterocycles. The van der Waals surface area contributed by atoms with Crippen LogP contribution in [0.25, 0.3) is 0 Å². The molecule has 0 fully saturated rings. The fraction of sp³-hybridized carbons (Fsp3) is 0.822. The number of hydrogen-bond acceptors (Lipinski definition) is 16. The number of carbonyl (C=O) groups excluding carboxylic acids is 7. The standard InChI is InChI=1S/C45H91N15O9/c1-30(38(61)60-37(45(68)69)22-8-15-29-52)54-40(63)32(17-3-10-24-47)56-42(65)34(19-5-12-26-49)58-44(67)36(21-7-14-28-51)59-43(66)35(20-6-13-27-50)57-41(64)33(18-4-11-25-48)55-39(62)31(53)16-2-9-23-46/h30-37H,2-29,46-53H2,1H3,(H,54,63)(H,55,62)(H,56,65)(H,57,64)(H,58,67)(H,59,66)(H,60,61)(H,68,69)/t30-,31-,32-,33-,34-,35-,36-,37-/m0/s1. The first-order valence-electron chi connectivity index (χ1n) is 25.1. The molecule has 0 aromatic carbocycles. The fourth-order valence-electron chi connectivity index (χ4n) is 7.24. The van der Waals surface area contributed by atoms with Crippen LogP contribution in [-0.4, -0.2) is 147 Å². The summed E-state index contributed by atoms with van der Waals surface area (Å²) in [5.41, 5.74) is 45.9. The first kappa shape index (κ1) is 64.4. The molecule has 0 aliphatic rings. The molecule has 69 heavy (non-hydrogen) atoms. The van der Waals surface area contributed by atoms with Crippen LogP contribution in [0.1, 0.15) is 142 Å². The number of aliphatic carboxylic acids is 1. The number of carbonyl (C=O) groups is 8. The van der Waals surface area contributed by atoms with E-state index in [9.17, 15) is 43.5 Å². The van der Waals surface area contributed by atoms with Crippen LogP contribution in [0.15, 0.2) is 0 Å². The Kier molecular flexibility index (Phi) is 37.5. The first-order chi connectivity index (χ1) is 33.0. The summed E-state index contributed by atoms with van der Waals surface area (Å²) in [7, 11) is 0. The minimum atomic E-state index is -1.24. The summed E-state index contributed by atoms with van der Waals surface area (Å²) in [6.07, 6.45) is 8.43. The zero-order valence-electron chi connectivity index (χ0n) is 41.2. The van der Waals surface area contributed by atoms with Crippen molar-refractivity contribution in [2.45, 2.75) is 190 Å². The predicted molar refractivity (Wildman–Crippen MR) is 265 cm³/mol. The van der Waals surface area contributed by atoms with Crippen molar-refractivity contribution in [3.8, 4) is 0 Å². The van der Waals surface area contributed by atoms with E-state index in [0.717, 1.165) is 0 Å². The van der Waals surface area contributed by atoms with Crippen molar-refractivity contribution in [3.63, 3.8) is 0 Å². The first-order valence-corrected chi connectivity index (χ1v) is 25.1. The topological polar surface area (TPSA) is 449 Å². The average molecular weight is 986 g/mol. The van der Waals surface area contributed by atoms with Crippen LogP contribution in [0, 0.1) is 0 Å². The smallest absolute Gasteiger partial charge is 0.326 e. The molecule has 0 spiro atoms. The molecule has 0 aromatic rings. The van der Waals surface area contributed by atoms with Gasteiger partial charge in [-0.2, -0.15) is 0 Å². The van der Waals surface area contributed by atoms with Gasteiger partial charge in [0, 0.05) is 0 Å². The molecular weight excluding hydrogens is 895 g/mol. The van der Waals surface area contributed by atoms with Crippen molar-refractivity contribution in [1.29, 1.82) is 0 Å². The fourth-order valence-corrected chi connectivity index (χ4v) is 7.24. The van der Waals surface area contributed by atoms with E-state index in [1.165, 1.54) is 6.92 Å². The Labute approximate surface area is 408 Å². The second-order valence-electron chi connectivity index (χ2n) is 17.5. The van der Waals surface area contributed by atoms with Crippen LogP contribution in [0.5, 0.6) is 0 Å². The number of nitrogens with two attached hydrogens (primary N) is 8. The molecule has 24 heteroatoms. The molecule has 0 aromatic heterocycles. The van der Waals surface area contributed by atoms with Gasteiger partial charge in [-0.3, -0.25) is 33.6 Å². The van der Waals surface area contributed by atoms with Crippen LogP contribution < -0.4 is 83.1 Å². The van der Waals surface area contributed by atoms with Gasteiger partial charge in [0.1, 0.15) is 42.3 Å². The molecule has 24 N–H and O–H groups in total. The highest BCUT2D eigenvalue weighted by Crippen LogP contribution is 2.11. The van der Waals surface area contributed by atoms with Crippen LogP contribution in [0.3, 0.4) is 0 Å². The van der Waals surface area contributed by atoms with Crippen molar-refractivity contribution in [3.05, 3.63) is 0 Å². The SMILES string of the molecule is C[C@H](NC(=O)[C@H](CCCCN)NC(=O)[C@H](CCCCN)NC(=O)[C@H](CCCCN)NC(=O)[C@H](CCCCN)NC(=O)[C@H](CCCCN)NC(=O)[C@@H](N)CCCCN)C(=O)N[C@@H](CCCCN)C(=O)O. The van der Waals surface area contributed by atoms with Gasteiger partial charge in [-0.05, 0) is 181 Å². The minimum Gasteiger partial charge on any atom is -0.480 e. The van der Waals surface area contributed by atoms with Crippen LogP contribution in [0.4, 0.5) is 0 Å². The van der Waals surface area contributed by atoms with Gasteiger partial charge in [0.05, 0.1) is 6.04 Å². The molecular formula is C45H91N15O9. The number of hydrogen-bond donors (Lipinski definition) is 16. The van der Waals surface area contributed by atoms with Gasteiger partial charge in [0.15, 0.2) is 0 Å². The zero-order chi connectivity index (χ0) is 52.0. The minimum absolute atomic E-state index is 0.112. The van der Waals surface area contributed by atoms with E-state index in [0.29, 0.717) is 142 Å². The van der Waals surface area contributed by atoms with Gasteiger partial charge in [0.25, 0.3) is 0 Å². The molecule has 0 bridgehead atoms. The maximum atomic E-state index is 14.2. The third kappa shape index (κ3) is 29.3. The average Bonchev–Trinajstić information content (AvgIpc) is 3.31. The van der Waals surface area contributed by atoms with Gasteiger partial charge < -0.3 is 88.2 Å². The van der Waals surface area contributed by atoms with Crippen molar-refractivity contribution in [1.82, 2.24) is 37.2 Å². The number of nitrogens with one attached hydrogen (secondary N) is 7. The maximum absolute atomic E-state index is 14.2. The molecule has 24 nitrogen and oxygen atoms in total. The van der Waals surface area contributed by atoms with Crippen molar-refractivity contribution in [2.24, 2.45) is 45.9 Å². The Balaban J connectivity index is 6.52. The Morgan fingerprint density at radius 1 is 0.319 bits per heavy atom. The predicted octanol–water partition coefficient (Wildman–Crippen LogP) is -3.29. The van der Waals surface area contributed by atoms with Crippen LogP contribution in [-0.2, 0) is 38.4 Å². The van der Waals surface area contributed by atoms with Gasteiger partial charge in [-0.1, -0.05) is 6.42 Å². The molecule has 0 heterocycles. The van der Waals surface area contributed by atoms with Gasteiger partial charge in [-0.25, -0.2) is 4.79 Å². The lowest BCUT2D eigenvalue weighted by molar-refractivity contribution is -0.142. The third-order valence-electron chi connectivity index (χ3n) is 11.5. The number of rotatable bonds is 43. The Hall–Kier alpha value is -4.56. The molecule has 0 aliphatic carbocycles. The zero-order valence-corrected chi connectivity index (χ0v) is 41.2. The normalized spacial score (nSPS) is 14.7. The van der Waals surface area contributed by atoms with E-state index < -0.39 is 95.7 Å². The summed E-state index contributed by atoms with van der Waals surface area (Å²) in [4.78, 5) is 108. The van der Waals surface area contributed by atoms with E-state index in [4.69, 9.17) is 45.9 Å². The summed E-state index contributed by atoms with van der Waals surface area (Å²) in [5, 5.41) is 28.4. The largest absolute Gasteiger partial charge is 0.480 e. The van der Waals surface area contributed by atoms with Crippen molar-refractivity contribution >= 4 is 47.3 Å². The highest BCUT2D eigenvalue weighted by molar-refractivity contribution is 5.97. The van der Waals surface area contributed by atoms with Crippen molar-refractivity contribution < 1.29 is 43.5 Å². The summed E-state index contributed by atoms with van der Waals surface area (Å²) in [6, 6.07) is -9.01. The van der Waals surface area contributed by atoms with E-state index in [1.54, 1.807) is 0 Å². The van der Waals surface area contributed by atoms with Crippen LogP contribution in [0.2, 0.25) is 0 Å². The molecule has 0 saturated carbocycles. The summed E-state index contributed by atoms with van der Waals surface area (Å²) >= 11 is 0. The van der Waals surface area contributed by atoms with Gasteiger partial charge in [-0.15, -0.1) is 0 Å². The summed E-state index contributed by atoms with van der Waals surface area (Å²) in [6.45, 7) is 3.81. The summed E-state index contributed by atoms with van der Waals surface area (Å²) in [5.74, 6) is -5.93. The molecule has 400 valence electrons. The van der Waals surface area contributed by atoms with Gasteiger partial charge in [0.2, 0.25) is 41.4 Å². The highest BCUT2D eigenvalue weighted by atomic mass is 16.4. The molecule has 8 atom stereocenters. The van der Waals surface area contributed by atoms with E-state index in [-0.39, 0.29) is 38.5 Å². The lowest BCUT2D eigenvalue weighted by Gasteiger charge is -2.28. The Bertz CT molecular complexity index is 1500. The number of carboxylic acids is 1. The molecule has 0 saturated heterocycles.